The maximum absolute atomic E-state index is 13.4. The van der Waals surface area contributed by atoms with Crippen LogP contribution in [0.5, 0.6) is 0 Å². The fraction of sp³-hybridized carbons (Fsp3) is 0.423. The summed E-state index contributed by atoms with van der Waals surface area (Å²) in [4.78, 5) is 16.7. The molecule has 1 N–H and O–H groups in total. The molecule has 0 saturated heterocycles. The Morgan fingerprint density at radius 1 is 1.06 bits per heavy atom. The predicted octanol–water partition coefficient (Wildman–Crippen LogP) is 5.87. The Balaban J connectivity index is 1.68. The SMILES string of the molecule is CC(C)N(CC[S+](O)c1ccc2c(c1)C(C)(C)c1oc3ccccc3c1C2=O)C(C)C. The van der Waals surface area contributed by atoms with Gasteiger partial charge in [-0.3, -0.25) is 9.69 Å². The molecule has 0 aliphatic heterocycles. The summed E-state index contributed by atoms with van der Waals surface area (Å²) in [7, 11) is 0. The van der Waals surface area contributed by atoms with Crippen molar-refractivity contribution in [3.05, 3.63) is 64.9 Å². The maximum Gasteiger partial charge on any atom is 0.197 e. The molecule has 0 spiro atoms. The zero-order chi connectivity index (χ0) is 22.5. The van der Waals surface area contributed by atoms with Crippen molar-refractivity contribution in [3.63, 3.8) is 0 Å². The third-order valence-corrected chi connectivity index (χ3v) is 7.81. The number of nitrogens with zero attached hydrogens (tertiary/aromatic N) is 1. The molecule has 4 nitrogen and oxygen atoms in total. The number of rotatable bonds is 6. The number of hydrogen-bond acceptors (Lipinski definition) is 4. The Bertz CT molecular complexity index is 1120. The predicted molar refractivity (Wildman–Crippen MR) is 128 cm³/mol. The molecule has 164 valence electrons. The minimum Gasteiger partial charge on any atom is -0.459 e. The van der Waals surface area contributed by atoms with E-state index < -0.39 is 16.6 Å². The fourth-order valence-electron chi connectivity index (χ4n) is 4.78. The largest absolute Gasteiger partial charge is 0.459 e. The summed E-state index contributed by atoms with van der Waals surface area (Å²) in [5, 5.41) is 0.870. The van der Waals surface area contributed by atoms with Gasteiger partial charge in [0.25, 0.3) is 0 Å². The van der Waals surface area contributed by atoms with Crippen LogP contribution in [-0.2, 0) is 16.6 Å². The highest BCUT2D eigenvalue weighted by Crippen LogP contribution is 2.45. The van der Waals surface area contributed by atoms with Crippen LogP contribution in [0.1, 0.15) is 68.8 Å². The van der Waals surface area contributed by atoms with Crippen LogP contribution >= 0.6 is 0 Å². The molecule has 1 atom stereocenters. The van der Waals surface area contributed by atoms with E-state index >= 15 is 0 Å². The minimum absolute atomic E-state index is 0.00411. The van der Waals surface area contributed by atoms with Crippen LogP contribution in [0, 0.1) is 0 Å². The summed E-state index contributed by atoms with van der Waals surface area (Å²) >= 11 is -0.886. The summed E-state index contributed by atoms with van der Waals surface area (Å²) in [5.41, 5.74) is 2.59. The van der Waals surface area contributed by atoms with Crippen molar-refractivity contribution in [2.75, 3.05) is 12.3 Å². The Morgan fingerprint density at radius 3 is 2.42 bits per heavy atom. The van der Waals surface area contributed by atoms with Gasteiger partial charge < -0.3 is 4.42 Å². The number of furan rings is 1. The zero-order valence-electron chi connectivity index (χ0n) is 19.2. The Hall–Kier alpha value is -2.08. The summed E-state index contributed by atoms with van der Waals surface area (Å²) < 4.78 is 17.2. The summed E-state index contributed by atoms with van der Waals surface area (Å²) in [5.74, 6) is 1.40. The van der Waals surface area contributed by atoms with E-state index in [9.17, 15) is 9.35 Å². The van der Waals surface area contributed by atoms with Gasteiger partial charge in [-0.15, -0.1) is 0 Å². The van der Waals surface area contributed by atoms with E-state index in [0.29, 0.717) is 34.7 Å². The maximum atomic E-state index is 13.4. The van der Waals surface area contributed by atoms with Crippen LogP contribution in [0.2, 0.25) is 0 Å². The average molecular weight is 439 g/mol. The molecule has 1 heterocycles. The number of hydrogen-bond donors (Lipinski definition) is 1. The van der Waals surface area contributed by atoms with E-state index in [-0.39, 0.29) is 5.78 Å². The average Bonchev–Trinajstić information content (AvgIpc) is 3.12. The van der Waals surface area contributed by atoms with Crippen LogP contribution in [0.15, 0.2) is 51.8 Å². The van der Waals surface area contributed by atoms with Gasteiger partial charge >= 0.3 is 0 Å². The molecular weight excluding hydrogens is 406 g/mol. The van der Waals surface area contributed by atoms with Crippen molar-refractivity contribution in [2.45, 2.75) is 63.9 Å². The number of fused-ring (bicyclic) bond motifs is 4. The van der Waals surface area contributed by atoms with E-state index in [1.807, 2.05) is 42.5 Å². The van der Waals surface area contributed by atoms with E-state index in [2.05, 4.69) is 46.4 Å². The van der Waals surface area contributed by atoms with Gasteiger partial charge in [0.2, 0.25) is 0 Å². The lowest BCUT2D eigenvalue weighted by molar-refractivity contribution is 0.102. The molecule has 31 heavy (non-hydrogen) atoms. The summed E-state index contributed by atoms with van der Waals surface area (Å²) in [6.07, 6.45) is 0. The molecule has 3 aromatic rings. The number of benzene rings is 2. The monoisotopic (exact) mass is 438 g/mol. The van der Waals surface area contributed by atoms with Gasteiger partial charge in [0.05, 0.1) is 5.56 Å². The Labute approximate surface area is 187 Å². The first-order valence-corrected chi connectivity index (χ1v) is 12.3. The van der Waals surface area contributed by atoms with Gasteiger partial charge in [-0.05, 0) is 65.3 Å². The highest BCUT2D eigenvalue weighted by molar-refractivity contribution is 7.91. The smallest absolute Gasteiger partial charge is 0.197 e. The van der Waals surface area contributed by atoms with E-state index in [0.717, 1.165) is 28.0 Å². The first kappa shape index (κ1) is 22.1. The molecule has 0 radical (unpaired) electrons. The molecule has 1 aromatic heterocycles. The highest BCUT2D eigenvalue weighted by atomic mass is 32.2. The quantitative estimate of drug-likeness (QED) is 0.489. The highest BCUT2D eigenvalue weighted by Gasteiger charge is 2.42. The van der Waals surface area contributed by atoms with Crippen LogP contribution in [0.3, 0.4) is 0 Å². The van der Waals surface area contributed by atoms with Crippen molar-refractivity contribution in [2.24, 2.45) is 0 Å². The number of para-hydroxylation sites is 1. The lowest BCUT2D eigenvalue weighted by Gasteiger charge is -2.31. The van der Waals surface area contributed by atoms with E-state index in [4.69, 9.17) is 4.42 Å². The third-order valence-electron chi connectivity index (χ3n) is 6.44. The molecule has 1 unspecified atom stereocenters. The molecule has 0 bridgehead atoms. The standard InChI is InChI=1S/C26H32NO3S/c1-16(2)27(17(3)4)13-14-31(29)18-11-12-19-21(15-18)26(5,6)25-23(24(19)28)20-9-7-8-10-22(20)30-25/h7-12,15-17,29H,13-14H2,1-6H3/q+1. The first-order chi connectivity index (χ1) is 14.6. The van der Waals surface area contributed by atoms with Crippen LogP contribution < -0.4 is 0 Å². The third kappa shape index (κ3) is 3.73. The molecule has 0 fully saturated rings. The van der Waals surface area contributed by atoms with Crippen LogP contribution in [-0.4, -0.2) is 39.6 Å². The Morgan fingerprint density at radius 2 is 1.74 bits per heavy atom. The second-order valence-corrected chi connectivity index (χ2v) is 11.1. The lowest BCUT2D eigenvalue weighted by atomic mass is 9.72. The topological polar surface area (TPSA) is 53.7 Å². The molecule has 4 rings (SSSR count). The molecule has 0 saturated carbocycles. The fourth-order valence-corrected chi connectivity index (χ4v) is 5.87. The van der Waals surface area contributed by atoms with Gasteiger partial charge in [0.15, 0.2) is 27.6 Å². The minimum atomic E-state index is -0.886. The summed E-state index contributed by atoms with van der Waals surface area (Å²) in [6, 6.07) is 14.4. The van der Waals surface area contributed by atoms with Gasteiger partial charge in [0, 0.05) is 41.1 Å². The van der Waals surface area contributed by atoms with Gasteiger partial charge in [-0.1, -0.05) is 18.2 Å². The van der Waals surface area contributed by atoms with Crippen molar-refractivity contribution in [3.8, 4) is 0 Å². The number of carbonyl (C=O) groups excluding carboxylic acids is 1. The molecular formula is C26H32NO3S+. The molecule has 1 aliphatic carbocycles. The molecule has 1 aliphatic rings. The van der Waals surface area contributed by atoms with Crippen molar-refractivity contribution in [1.82, 2.24) is 4.90 Å². The Kier molecular flexibility index (Phi) is 5.80. The lowest BCUT2D eigenvalue weighted by Crippen LogP contribution is -2.40. The number of carbonyl (C=O) groups is 1. The molecule has 0 amide bonds. The van der Waals surface area contributed by atoms with Gasteiger partial charge in [0.1, 0.15) is 11.3 Å². The van der Waals surface area contributed by atoms with Crippen LogP contribution in [0.4, 0.5) is 0 Å². The second kappa shape index (κ2) is 8.12. The molecule has 5 heteroatoms. The zero-order valence-corrected chi connectivity index (χ0v) is 20.0. The van der Waals surface area contributed by atoms with Gasteiger partial charge in [-0.2, -0.15) is 4.55 Å². The normalized spacial score (nSPS) is 16.3. The van der Waals surface area contributed by atoms with E-state index in [1.165, 1.54) is 0 Å². The van der Waals surface area contributed by atoms with Crippen molar-refractivity contribution in [1.29, 1.82) is 0 Å². The van der Waals surface area contributed by atoms with E-state index in [1.54, 1.807) is 0 Å². The second-order valence-electron chi connectivity index (χ2n) is 9.46. The van der Waals surface area contributed by atoms with Gasteiger partial charge in [-0.25, -0.2) is 0 Å². The van der Waals surface area contributed by atoms with Crippen molar-refractivity contribution < 1.29 is 13.8 Å². The summed E-state index contributed by atoms with van der Waals surface area (Å²) in [6.45, 7) is 13.8. The molecule has 2 aromatic carbocycles. The van der Waals surface area contributed by atoms with Crippen molar-refractivity contribution >= 4 is 27.9 Å². The first-order valence-electron chi connectivity index (χ1n) is 11.0. The van der Waals surface area contributed by atoms with Crippen LogP contribution in [0.25, 0.3) is 11.0 Å². The number of ketones is 1.